The quantitative estimate of drug-likeness (QED) is 0.263. The highest BCUT2D eigenvalue weighted by atomic mass is 35.5. The van der Waals surface area contributed by atoms with Crippen molar-refractivity contribution in [2.24, 2.45) is 0 Å². The molecular weight excluding hydrogens is 513 g/mol. The van der Waals surface area contributed by atoms with E-state index in [9.17, 15) is 14.7 Å². The summed E-state index contributed by atoms with van der Waals surface area (Å²) in [7, 11) is 1.78. The summed E-state index contributed by atoms with van der Waals surface area (Å²) in [6, 6.07) is 17.6. The van der Waals surface area contributed by atoms with Gasteiger partial charge in [-0.2, -0.15) is 0 Å². The Labute approximate surface area is 223 Å². The topological polar surface area (TPSA) is 116 Å². The maximum Gasteiger partial charge on any atom is 0.257 e. The second kappa shape index (κ2) is 9.97. The second-order valence-electron chi connectivity index (χ2n) is 8.87. The molecule has 8 nitrogen and oxygen atoms in total. The third kappa shape index (κ3) is 5.36. The van der Waals surface area contributed by atoms with Crippen molar-refractivity contribution in [3.05, 3.63) is 81.8 Å². The third-order valence-electron chi connectivity index (χ3n) is 6.17. The molecule has 0 unspecified atom stereocenters. The standard InChI is InChI=1S/C27H23Cl2N5O3/c1-30-24-19-8-7-18(13-22(19)33-23(34-24)16-3-5-17(28)6-4-16)32-25(35)20-12-15(2-9-21(20)29)14-31-26(36)27(37)10-11-27/h2-9,12-13,37H,10-11,14H2,1H3,(H,31,36)(H,32,35)(H,30,33,34). The van der Waals surface area contributed by atoms with Gasteiger partial charge in [-0.1, -0.05) is 29.3 Å². The minimum absolute atomic E-state index is 0.172. The number of hydrogen-bond donors (Lipinski definition) is 4. The van der Waals surface area contributed by atoms with Gasteiger partial charge in [-0.05, 0) is 73.0 Å². The lowest BCUT2D eigenvalue weighted by atomic mass is 10.1. The average molecular weight is 536 g/mol. The van der Waals surface area contributed by atoms with Crippen LogP contribution in [0.3, 0.4) is 0 Å². The number of benzene rings is 3. The number of aromatic nitrogens is 2. The van der Waals surface area contributed by atoms with E-state index in [1.807, 2.05) is 18.2 Å². The largest absolute Gasteiger partial charge is 0.380 e. The molecule has 0 spiro atoms. The Balaban J connectivity index is 1.38. The molecule has 1 aliphatic carbocycles. The molecule has 4 aromatic rings. The van der Waals surface area contributed by atoms with Gasteiger partial charge in [0.15, 0.2) is 5.82 Å². The highest BCUT2D eigenvalue weighted by molar-refractivity contribution is 6.34. The number of fused-ring (bicyclic) bond motifs is 1. The maximum atomic E-state index is 13.1. The molecule has 0 bridgehead atoms. The zero-order valence-corrected chi connectivity index (χ0v) is 21.3. The van der Waals surface area contributed by atoms with Gasteiger partial charge in [0.2, 0.25) is 0 Å². The van der Waals surface area contributed by atoms with Crippen molar-refractivity contribution in [1.82, 2.24) is 15.3 Å². The van der Waals surface area contributed by atoms with E-state index in [-0.39, 0.29) is 17.1 Å². The van der Waals surface area contributed by atoms with Gasteiger partial charge in [-0.25, -0.2) is 9.97 Å². The number of carbonyl (C=O) groups excluding carboxylic acids is 2. The van der Waals surface area contributed by atoms with Gasteiger partial charge in [0.05, 0.1) is 16.1 Å². The molecular formula is C27H23Cl2N5O3. The highest BCUT2D eigenvalue weighted by Gasteiger charge is 2.47. The van der Waals surface area contributed by atoms with Crippen LogP contribution in [0.15, 0.2) is 60.7 Å². The van der Waals surface area contributed by atoms with Gasteiger partial charge >= 0.3 is 0 Å². The van der Waals surface area contributed by atoms with E-state index in [0.717, 1.165) is 10.9 Å². The zero-order valence-electron chi connectivity index (χ0n) is 19.8. The summed E-state index contributed by atoms with van der Waals surface area (Å²) in [5.41, 5.74) is 1.67. The highest BCUT2D eigenvalue weighted by Crippen LogP contribution is 2.35. The second-order valence-corrected chi connectivity index (χ2v) is 9.71. The number of anilines is 2. The molecule has 4 N–H and O–H groups in total. The van der Waals surface area contributed by atoms with Crippen LogP contribution in [-0.4, -0.2) is 39.5 Å². The van der Waals surface area contributed by atoms with Gasteiger partial charge in [0, 0.05) is 35.3 Å². The molecule has 0 radical (unpaired) electrons. The van der Waals surface area contributed by atoms with Crippen molar-refractivity contribution in [2.75, 3.05) is 17.7 Å². The molecule has 188 valence electrons. The minimum atomic E-state index is -1.26. The summed E-state index contributed by atoms with van der Waals surface area (Å²) in [5.74, 6) is 0.358. The van der Waals surface area contributed by atoms with Gasteiger partial charge in [0.25, 0.3) is 11.8 Å². The van der Waals surface area contributed by atoms with Crippen LogP contribution in [0, 0.1) is 0 Å². The van der Waals surface area contributed by atoms with Crippen molar-refractivity contribution in [3.8, 4) is 11.4 Å². The predicted octanol–water partition coefficient (Wildman–Crippen LogP) is 5.04. The summed E-state index contributed by atoms with van der Waals surface area (Å²) < 4.78 is 0. The van der Waals surface area contributed by atoms with Crippen LogP contribution in [0.2, 0.25) is 10.0 Å². The molecule has 10 heteroatoms. The average Bonchev–Trinajstić information content (AvgIpc) is 3.66. The van der Waals surface area contributed by atoms with Crippen molar-refractivity contribution >= 4 is 57.4 Å². The monoisotopic (exact) mass is 535 g/mol. The number of aliphatic hydroxyl groups is 1. The lowest BCUT2D eigenvalue weighted by Gasteiger charge is -2.13. The Bertz CT molecular complexity index is 1520. The molecule has 0 saturated heterocycles. The molecule has 1 aromatic heterocycles. The summed E-state index contributed by atoms with van der Waals surface area (Å²) in [6.07, 6.45) is 0.918. The lowest BCUT2D eigenvalue weighted by molar-refractivity contribution is -0.131. The first-order chi connectivity index (χ1) is 17.8. The smallest absolute Gasteiger partial charge is 0.257 e. The van der Waals surface area contributed by atoms with E-state index in [1.54, 1.807) is 49.5 Å². The molecule has 1 heterocycles. The number of amides is 2. The molecule has 1 saturated carbocycles. The van der Waals surface area contributed by atoms with Gasteiger partial charge in [-0.15, -0.1) is 0 Å². The number of halogens is 2. The lowest BCUT2D eigenvalue weighted by Crippen LogP contribution is -2.35. The van der Waals surface area contributed by atoms with Crippen LogP contribution in [0.5, 0.6) is 0 Å². The summed E-state index contributed by atoms with van der Waals surface area (Å²) in [5, 5.41) is 20.3. The Morgan fingerprint density at radius 2 is 1.76 bits per heavy atom. The number of hydrogen-bond acceptors (Lipinski definition) is 6. The predicted molar refractivity (Wildman–Crippen MR) is 145 cm³/mol. The van der Waals surface area contributed by atoms with Crippen LogP contribution in [0.1, 0.15) is 28.8 Å². The molecule has 1 aliphatic rings. The number of carbonyl (C=O) groups is 2. The fraction of sp³-hybridized carbons (Fsp3) is 0.185. The normalized spacial score (nSPS) is 13.7. The number of rotatable bonds is 7. The Morgan fingerprint density at radius 3 is 2.46 bits per heavy atom. The van der Waals surface area contributed by atoms with Crippen LogP contribution in [0.4, 0.5) is 11.5 Å². The summed E-state index contributed by atoms with van der Waals surface area (Å²) >= 11 is 12.3. The Morgan fingerprint density at radius 1 is 1.00 bits per heavy atom. The summed E-state index contributed by atoms with van der Waals surface area (Å²) in [6.45, 7) is 0.172. The van der Waals surface area contributed by atoms with E-state index in [1.165, 1.54) is 0 Å². The van der Waals surface area contributed by atoms with Gasteiger partial charge < -0.3 is 21.1 Å². The molecule has 5 rings (SSSR count). The third-order valence-corrected chi connectivity index (χ3v) is 6.75. The van der Waals surface area contributed by atoms with Crippen LogP contribution >= 0.6 is 23.2 Å². The van der Waals surface area contributed by atoms with Crippen molar-refractivity contribution in [1.29, 1.82) is 0 Å². The molecule has 0 aliphatic heterocycles. The van der Waals surface area contributed by atoms with E-state index in [0.29, 0.717) is 46.3 Å². The fourth-order valence-corrected chi connectivity index (χ4v) is 4.20. The zero-order chi connectivity index (χ0) is 26.2. The molecule has 2 amide bonds. The Hall–Kier alpha value is -3.72. The van der Waals surface area contributed by atoms with Crippen LogP contribution in [0.25, 0.3) is 22.3 Å². The minimum Gasteiger partial charge on any atom is -0.380 e. The van der Waals surface area contributed by atoms with E-state index in [4.69, 9.17) is 23.2 Å². The van der Waals surface area contributed by atoms with Gasteiger partial charge in [-0.3, -0.25) is 9.59 Å². The van der Waals surface area contributed by atoms with Crippen molar-refractivity contribution < 1.29 is 14.7 Å². The van der Waals surface area contributed by atoms with E-state index in [2.05, 4.69) is 25.9 Å². The summed E-state index contributed by atoms with van der Waals surface area (Å²) in [4.78, 5) is 34.4. The van der Waals surface area contributed by atoms with Crippen LogP contribution < -0.4 is 16.0 Å². The number of nitrogens with zero attached hydrogens (tertiary/aromatic N) is 2. The number of nitrogens with one attached hydrogen (secondary N) is 3. The molecule has 1 fully saturated rings. The van der Waals surface area contributed by atoms with Crippen molar-refractivity contribution in [2.45, 2.75) is 25.0 Å². The van der Waals surface area contributed by atoms with E-state index < -0.39 is 17.4 Å². The Kier molecular flexibility index (Phi) is 6.72. The SMILES string of the molecule is CNc1nc(-c2ccc(Cl)cc2)nc2cc(NC(=O)c3cc(CNC(=O)C4(O)CC4)ccc3Cl)ccc12. The van der Waals surface area contributed by atoms with Gasteiger partial charge in [0.1, 0.15) is 11.4 Å². The molecule has 0 atom stereocenters. The maximum absolute atomic E-state index is 13.1. The van der Waals surface area contributed by atoms with E-state index >= 15 is 0 Å². The fourth-order valence-electron chi connectivity index (χ4n) is 3.87. The molecule has 37 heavy (non-hydrogen) atoms. The first kappa shape index (κ1) is 25.0. The first-order valence-corrected chi connectivity index (χ1v) is 12.4. The van der Waals surface area contributed by atoms with Crippen LogP contribution in [-0.2, 0) is 11.3 Å². The van der Waals surface area contributed by atoms with Crippen molar-refractivity contribution in [3.63, 3.8) is 0 Å². The molecule has 3 aromatic carbocycles. The first-order valence-electron chi connectivity index (χ1n) is 11.6.